The first kappa shape index (κ1) is 12.8. The molecule has 6 nitrogen and oxygen atoms in total. The van der Waals surface area contributed by atoms with E-state index < -0.39 is 12.0 Å². The van der Waals surface area contributed by atoms with Crippen molar-refractivity contribution in [3.63, 3.8) is 0 Å². The lowest BCUT2D eigenvalue weighted by Gasteiger charge is -2.33. The molecule has 1 saturated heterocycles. The van der Waals surface area contributed by atoms with E-state index in [1.165, 1.54) is 0 Å². The number of aliphatic carboxylic acids is 1. The van der Waals surface area contributed by atoms with Gasteiger partial charge in [0.05, 0.1) is 0 Å². The highest BCUT2D eigenvalue weighted by Gasteiger charge is 2.27. The average molecular weight is 230 g/mol. The number of nitrogens with one attached hydrogen (secondary N) is 2. The van der Waals surface area contributed by atoms with Crippen LogP contribution in [0.5, 0.6) is 0 Å². The van der Waals surface area contributed by atoms with Crippen LogP contribution in [0.4, 0.5) is 4.79 Å². The maximum absolute atomic E-state index is 11.2. The zero-order chi connectivity index (χ0) is 12.0. The summed E-state index contributed by atoms with van der Waals surface area (Å²) in [6.07, 6.45) is 1.82. The third-order valence-electron chi connectivity index (χ3n) is 2.78. The van der Waals surface area contributed by atoms with Crippen LogP contribution in [0, 0.1) is 5.41 Å². The van der Waals surface area contributed by atoms with Crippen LogP contribution in [0.15, 0.2) is 0 Å². The number of amides is 2. The van der Waals surface area contributed by atoms with Crippen molar-refractivity contribution in [2.75, 3.05) is 26.3 Å². The topological polar surface area (TPSA) is 87.7 Å². The Kier molecular flexibility index (Phi) is 4.54. The Bertz CT molecular complexity index is 262. The zero-order valence-corrected chi connectivity index (χ0v) is 9.41. The Morgan fingerprint density at radius 3 is 2.50 bits per heavy atom. The second kappa shape index (κ2) is 5.69. The molecule has 0 spiro atoms. The molecule has 0 aromatic heterocycles. The summed E-state index contributed by atoms with van der Waals surface area (Å²) in [6, 6.07) is -0.435. The SMILES string of the molecule is CC1(CNC(=O)NCC(=O)O)CCOCC1. The molecular weight excluding hydrogens is 212 g/mol. The van der Waals surface area contributed by atoms with Gasteiger partial charge in [-0.25, -0.2) is 4.79 Å². The van der Waals surface area contributed by atoms with Crippen molar-refractivity contribution in [3.8, 4) is 0 Å². The minimum atomic E-state index is -1.05. The normalized spacial score (nSPS) is 18.8. The lowest BCUT2D eigenvalue weighted by molar-refractivity contribution is -0.135. The second-order valence-electron chi connectivity index (χ2n) is 4.35. The Labute approximate surface area is 94.3 Å². The van der Waals surface area contributed by atoms with Gasteiger partial charge in [0.1, 0.15) is 6.54 Å². The summed E-state index contributed by atoms with van der Waals surface area (Å²) in [6.45, 7) is 3.71. The first-order valence-electron chi connectivity index (χ1n) is 5.33. The van der Waals surface area contributed by atoms with Crippen LogP contribution >= 0.6 is 0 Å². The van der Waals surface area contributed by atoms with Crippen molar-refractivity contribution >= 4 is 12.0 Å². The summed E-state index contributed by atoms with van der Waals surface area (Å²) < 4.78 is 5.24. The first-order valence-corrected chi connectivity index (χ1v) is 5.33. The smallest absolute Gasteiger partial charge is 0.323 e. The summed E-state index contributed by atoms with van der Waals surface area (Å²) in [4.78, 5) is 21.4. The second-order valence-corrected chi connectivity index (χ2v) is 4.35. The Hall–Kier alpha value is -1.30. The number of ether oxygens (including phenoxy) is 1. The van der Waals surface area contributed by atoms with Crippen LogP contribution in [0.2, 0.25) is 0 Å². The molecule has 6 heteroatoms. The van der Waals surface area contributed by atoms with Crippen LogP contribution in [0.1, 0.15) is 19.8 Å². The largest absolute Gasteiger partial charge is 0.480 e. The maximum atomic E-state index is 11.2. The molecule has 92 valence electrons. The van der Waals surface area contributed by atoms with Gasteiger partial charge < -0.3 is 20.5 Å². The number of carboxylic acids is 1. The van der Waals surface area contributed by atoms with Gasteiger partial charge in [-0.05, 0) is 18.3 Å². The van der Waals surface area contributed by atoms with E-state index in [2.05, 4.69) is 17.6 Å². The van der Waals surface area contributed by atoms with E-state index in [9.17, 15) is 9.59 Å². The number of rotatable bonds is 4. The van der Waals surface area contributed by atoms with Crippen molar-refractivity contribution < 1.29 is 19.4 Å². The fourth-order valence-corrected chi connectivity index (χ4v) is 1.55. The minimum absolute atomic E-state index is 0.0544. The molecule has 1 fully saturated rings. The predicted molar refractivity (Wildman–Crippen MR) is 57.2 cm³/mol. The lowest BCUT2D eigenvalue weighted by atomic mass is 9.82. The van der Waals surface area contributed by atoms with E-state index in [1.54, 1.807) is 0 Å². The molecule has 0 atom stereocenters. The summed E-state index contributed by atoms with van der Waals surface area (Å²) in [5, 5.41) is 13.3. The van der Waals surface area contributed by atoms with E-state index >= 15 is 0 Å². The molecule has 0 radical (unpaired) electrons. The van der Waals surface area contributed by atoms with Crippen molar-refractivity contribution in [1.82, 2.24) is 10.6 Å². The standard InChI is InChI=1S/C10H18N2O4/c1-10(2-4-16-5-3-10)7-12-9(15)11-6-8(13)14/h2-7H2,1H3,(H,13,14)(H2,11,12,15). The van der Waals surface area contributed by atoms with Gasteiger partial charge in [0.25, 0.3) is 0 Å². The fourth-order valence-electron chi connectivity index (χ4n) is 1.55. The zero-order valence-electron chi connectivity index (χ0n) is 9.41. The molecule has 3 N–H and O–H groups in total. The van der Waals surface area contributed by atoms with E-state index in [-0.39, 0.29) is 12.0 Å². The van der Waals surface area contributed by atoms with Crippen LogP contribution in [0.25, 0.3) is 0 Å². The average Bonchev–Trinajstić information content (AvgIpc) is 2.25. The van der Waals surface area contributed by atoms with Gasteiger partial charge in [0.15, 0.2) is 0 Å². The molecule has 1 rings (SSSR count). The maximum Gasteiger partial charge on any atom is 0.323 e. The van der Waals surface area contributed by atoms with Gasteiger partial charge in [0, 0.05) is 19.8 Å². The monoisotopic (exact) mass is 230 g/mol. The van der Waals surface area contributed by atoms with Gasteiger partial charge in [-0.3, -0.25) is 4.79 Å². The molecule has 16 heavy (non-hydrogen) atoms. The predicted octanol–water partition coefficient (Wildman–Crippen LogP) is 0.187. The fraction of sp³-hybridized carbons (Fsp3) is 0.800. The third kappa shape index (κ3) is 4.48. The van der Waals surface area contributed by atoms with Crippen LogP contribution in [-0.4, -0.2) is 43.4 Å². The van der Waals surface area contributed by atoms with Crippen molar-refractivity contribution in [2.24, 2.45) is 5.41 Å². The van der Waals surface area contributed by atoms with Gasteiger partial charge in [-0.15, -0.1) is 0 Å². The summed E-state index contributed by atoms with van der Waals surface area (Å²) in [5.74, 6) is -1.05. The highest BCUT2D eigenvalue weighted by molar-refractivity contribution is 5.79. The minimum Gasteiger partial charge on any atom is -0.480 e. The molecule has 0 bridgehead atoms. The molecule has 0 unspecified atom stereocenters. The molecule has 0 saturated carbocycles. The molecule has 1 aliphatic heterocycles. The summed E-state index contributed by atoms with van der Waals surface area (Å²) in [5.41, 5.74) is 0.0544. The lowest BCUT2D eigenvalue weighted by Crippen LogP contribution is -2.44. The van der Waals surface area contributed by atoms with E-state index in [1.807, 2.05) is 0 Å². The number of hydrogen-bond acceptors (Lipinski definition) is 3. The molecule has 0 aromatic rings. The van der Waals surface area contributed by atoms with E-state index in [4.69, 9.17) is 9.84 Å². The first-order chi connectivity index (χ1) is 7.52. The molecule has 1 aliphatic rings. The highest BCUT2D eigenvalue weighted by atomic mass is 16.5. The number of urea groups is 1. The number of carbonyl (C=O) groups excluding carboxylic acids is 1. The molecule has 2 amide bonds. The van der Waals surface area contributed by atoms with Crippen LogP contribution < -0.4 is 10.6 Å². The van der Waals surface area contributed by atoms with Crippen LogP contribution in [0.3, 0.4) is 0 Å². The van der Waals surface area contributed by atoms with Crippen molar-refractivity contribution in [1.29, 1.82) is 0 Å². The number of hydrogen-bond donors (Lipinski definition) is 3. The van der Waals surface area contributed by atoms with Crippen molar-refractivity contribution in [3.05, 3.63) is 0 Å². The Morgan fingerprint density at radius 1 is 1.31 bits per heavy atom. The molecule has 0 aromatic carbocycles. The number of carboxylic acid groups (broad SMARTS) is 1. The van der Waals surface area contributed by atoms with Gasteiger partial charge in [-0.1, -0.05) is 6.92 Å². The molecular formula is C10H18N2O4. The van der Waals surface area contributed by atoms with Crippen molar-refractivity contribution in [2.45, 2.75) is 19.8 Å². The van der Waals surface area contributed by atoms with Gasteiger partial charge in [0.2, 0.25) is 0 Å². The third-order valence-corrected chi connectivity index (χ3v) is 2.78. The van der Waals surface area contributed by atoms with Gasteiger partial charge >= 0.3 is 12.0 Å². The number of carbonyl (C=O) groups is 2. The Morgan fingerprint density at radius 2 is 1.94 bits per heavy atom. The van der Waals surface area contributed by atoms with Crippen LogP contribution in [-0.2, 0) is 9.53 Å². The highest BCUT2D eigenvalue weighted by Crippen LogP contribution is 2.28. The molecule has 1 heterocycles. The molecule has 0 aliphatic carbocycles. The quantitative estimate of drug-likeness (QED) is 0.643. The van der Waals surface area contributed by atoms with E-state index in [0.29, 0.717) is 6.54 Å². The Balaban J connectivity index is 2.22. The summed E-state index contributed by atoms with van der Waals surface area (Å²) >= 11 is 0. The van der Waals surface area contributed by atoms with E-state index in [0.717, 1.165) is 26.1 Å². The van der Waals surface area contributed by atoms with Gasteiger partial charge in [-0.2, -0.15) is 0 Å². The summed E-state index contributed by atoms with van der Waals surface area (Å²) in [7, 11) is 0.